The minimum Gasteiger partial charge on any atom is -0.464 e. The third-order valence-corrected chi connectivity index (χ3v) is 8.50. The lowest BCUT2D eigenvalue weighted by atomic mass is 10.0. The quantitative estimate of drug-likeness (QED) is 0.545. The van der Waals surface area contributed by atoms with Gasteiger partial charge in [0.2, 0.25) is 21.8 Å². The Morgan fingerprint density at radius 1 is 1.11 bits per heavy atom. The zero-order valence-corrected chi connectivity index (χ0v) is 21.8. The van der Waals surface area contributed by atoms with Crippen LogP contribution in [-0.4, -0.2) is 73.8 Å². The van der Waals surface area contributed by atoms with Crippen molar-refractivity contribution in [3.63, 3.8) is 0 Å². The van der Waals surface area contributed by atoms with Gasteiger partial charge in [-0.1, -0.05) is 23.7 Å². The molecule has 2 aromatic carbocycles. The van der Waals surface area contributed by atoms with Gasteiger partial charge in [-0.25, -0.2) is 13.2 Å². The Hall–Kier alpha value is -2.69. The second-order valence-electron chi connectivity index (χ2n) is 9.12. The van der Waals surface area contributed by atoms with Gasteiger partial charge in [-0.15, -0.1) is 0 Å². The second kappa shape index (κ2) is 10.7. The first kappa shape index (κ1) is 26.4. The summed E-state index contributed by atoms with van der Waals surface area (Å²) in [5, 5.41) is 2.06. The van der Waals surface area contributed by atoms with Crippen LogP contribution in [-0.2, 0) is 29.1 Å². The molecule has 2 aliphatic rings. The summed E-state index contributed by atoms with van der Waals surface area (Å²) in [6.45, 7) is 4.20. The van der Waals surface area contributed by atoms with Gasteiger partial charge in [0.05, 0.1) is 11.5 Å². The van der Waals surface area contributed by atoms with E-state index in [1.54, 1.807) is 38.1 Å². The number of benzene rings is 2. The van der Waals surface area contributed by atoms with Gasteiger partial charge in [-0.3, -0.25) is 9.59 Å². The van der Waals surface area contributed by atoms with E-state index in [9.17, 15) is 22.8 Å². The molecule has 0 aliphatic carbocycles. The van der Waals surface area contributed by atoms with Gasteiger partial charge in [-0.2, -0.15) is 4.72 Å². The minimum atomic E-state index is -3.98. The number of fused-ring (bicyclic) bond motifs is 1. The van der Waals surface area contributed by atoms with Crippen molar-refractivity contribution in [1.29, 1.82) is 0 Å². The number of rotatable bonds is 7. The first-order valence-electron chi connectivity index (χ1n) is 12.1. The summed E-state index contributed by atoms with van der Waals surface area (Å²) in [7, 11) is -3.98. The van der Waals surface area contributed by atoms with Crippen LogP contribution in [0.4, 0.5) is 0 Å². The molecule has 11 heteroatoms. The molecule has 2 amide bonds. The molecular formula is C25H30ClN3O6S. The fourth-order valence-electron chi connectivity index (χ4n) is 4.87. The predicted octanol–water partition coefficient (Wildman–Crippen LogP) is 2.71. The van der Waals surface area contributed by atoms with E-state index in [0.29, 0.717) is 23.4 Å². The number of piperidine rings is 1. The molecular weight excluding hydrogens is 506 g/mol. The monoisotopic (exact) mass is 535 g/mol. The van der Waals surface area contributed by atoms with Crippen LogP contribution in [0.15, 0.2) is 41.3 Å². The third-order valence-electron chi connectivity index (χ3n) is 6.79. The maximum Gasteiger partial charge on any atom is 0.328 e. The van der Waals surface area contributed by atoms with E-state index in [4.69, 9.17) is 16.3 Å². The van der Waals surface area contributed by atoms with Crippen LogP contribution < -0.4 is 4.72 Å². The summed E-state index contributed by atoms with van der Waals surface area (Å²) in [6.07, 6.45) is 2.34. The van der Waals surface area contributed by atoms with Gasteiger partial charge in [0.25, 0.3) is 0 Å². The van der Waals surface area contributed by atoms with E-state index < -0.39 is 40.0 Å². The molecule has 0 spiro atoms. The zero-order chi connectivity index (χ0) is 26.0. The van der Waals surface area contributed by atoms with Crippen LogP contribution in [0.2, 0.25) is 5.02 Å². The normalized spacial score (nSPS) is 21.6. The van der Waals surface area contributed by atoms with Crippen molar-refractivity contribution in [1.82, 2.24) is 14.5 Å². The molecule has 36 heavy (non-hydrogen) atoms. The van der Waals surface area contributed by atoms with Crippen molar-refractivity contribution >= 4 is 50.2 Å². The summed E-state index contributed by atoms with van der Waals surface area (Å²) in [5.74, 6) is -1.23. The predicted molar refractivity (Wildman–Crippen MR) is 135 cm³/mol. The van der Waals surface area contributed by atoms with Crippen molar-refractivity contribution in [2.45, 2.75) is 62.6 Å². The molecule has 2 aliphatic heterocycles. The Balaban J connectivity index is 1.45. The van der Waals surface area contributed by atoms with Crippen LogP contribution in [0.1, 0.15) is 39.5 Å². The highest BCUT2D eigenvalue weighted by molar-refractivity contribution is 7.89. The number of sulfonamides is 1. The zero-order valence-electron chi connectivity index (χ0n) is 20.3. The molecule has 0 aromatic heterocycles. The highest BCUT2D eigenvalue weighted by Gasteiger charge is 2.42. The van der Waals surface area contributed by atoms with E-state index in [0.717, 1.165) is 18.2 Å². The topological polar surface area (TPSA) is 113 Å². The summed E-state index contributed by atoms with van der Waals surface area (Å²) in [5.41, 5.74) is 0. The number of carbonyl (C=O) groups is 3. The van der Waals surface area contributed by atoms with Crippen molar-refractivity contribution < 1.29 is 27.5 Å². The highest BCUT2D eigenvalue weighted by atomic mass is 35.5. The Labute approximate surface area is 215 Å². The number of likely N-dealkylation sites (tertiary alicyclic amines) is 2. The van der Waals surface area contributed by atoms with Crippen molar-refractivity contribution in [2.24, 2.45) is 0 Å². The minimum absolute atomic E-state index is 0.0401. The van der Waals surface area contributed by atoms with E-state index in [1.807, 2.05) is 0 Å². The second-order valence-corrected chi connectivity index (χ2v) is 11.3. The molecule has 3 atom stereocenters. The van der Waals surface area contributed by atoms with E-state index in [1.165, 1.54) is 21.9 Å². The number of halogens is 1. The van der Waals surface area contributed by atoms with Crippen molar-refractivity contribution in [3.05, 3.63) is 41.4 Å². The number of hydrogen-bond acceptors (Lipinski definition) is 6. The number of esters is 1. The smallest absolute Gasteiger partial charge is 0.328 e. The van der Waals surface area contributed by atoms with Crippen LogP contribution in [0.25, 0.3) is 10.8 Å². The number of ether oxygens (including phenoxy) is 1. The lowest BCUT2D eigenvalue weighted by molar-refractivity contribution is -0.159. The molecule has 4 rings (SSSR count). The molecule has 9 nitrogen and oxygen atoms in total. The molecule has 2 fully saturated rings. The standard InChI is InChI=1S/C25H30ClN3O6S/c1-3-35-25(32)22-6-4-5-12-29(22)23(30)16(2)28-13-11-21(24(28)31)27-36(33,34)20-10-8-17-14-19(26)9-7-18(17)15-20/h7-10,14-16,21-22,27H,3-6,11-13H2,1-2H3. The summed E-state index contributed by atoms with van der Waals surface area (Å²) >= 11 is 6.00. The molecule has 3 unspecified atom stereocenters. The molecule has 194 valence electrons. The maximum atomic E-state index is 13.3. The van der Waals surface area contributed by atoms with Gasteiger partial charge in [0.1, 0.15) is 18.1 Å². The van der Waals surface area contributed by atoms with Gasteiger partial charge in [0, 0.05) is 18.1 Å². The average molecular weight is 536 g/mol. The first-order valence-corrected chi connectivity index (χ1v) is 14.0. The summed E-state index contributed by atoms with van der Waals surface area (Å²) < 4.78 is 33.7. The van der Waals surface area contributed by atoms with Crippen molar-refractivity contribution in [2.75, 3.05) is 19.7 Å². The SMILES string of the molecule is CCOC(=O)C1CCCCN1C(=O)C(C)N1CCC(NS(=O)(=O)c2ccc3cc(Cl)ccc3c2)C1=O. The summed E-state index contributed by atoms with van der Waals surface area (Å²) in [6, 6.07) is 7.35. The van der Waals surface area contributed by atoms with Crippen LogP contribution in [0, 0.1) is 0 Å². The Bertz CT molecular complexity index is 1280. The third kappa shape index (κ3) is 5.35. The fourth-order valence-corrected chi connectivity index (χ4v) is 6.30. The van der Waals surface area contributed by atoms with Gasteiger partial charge >= 0.3 is 5.97 Å². The molecule has 0 bridgehead atoms. The largest absolute Gasteiger partial charge is 0.464 e. The maximum absolute atomic E-state index is 13.3. The number of hydrogen-bond donors (Lipinski definition) is 1. The Kier molecular flexibility index (Phi) is 7.87. The van der Waals surface area contributed by atoms with Crippen LogP contribution in [0.5, 0.6) is 0 Å². The lowest BCUT2D eigenvalue weighted by Crippen LogP contribution is -2.56. The molecule has 2 heterocycles. The Morgan fingerprint density at radius 2 is 1.83 bits per heavy atom. The number of carbonyl (C=O) groups excluding carboxylic acids is 3. The number of nitrogens with zero attached hydrogens (tertiary/aromatic N) is 2. The average Bonchev–Trinajstić information content (AvgIpc) is 3.21. The lowest BCUT2D eigenvalue weighted by Gasteiger charge is -2.37. The molecule has 0 radical (unpaired) electrons. The molecule has 2 saturated heterocycles. The van der Waals surface area contributed by atoms with Crippen LogP contribution >= 0.6 is 11.6 Å². The van der Waals surface area contributed by atoms with Gasteiger partial charge in [0.15, 0.2) is 0 Å². The Morgan fingerprint density at radius 3 is 2.58 bits per heavy atom. The molecule has 2 aromatic rings. The van der Waals surface area contributed by atoms with Gasteiger partial charge in [-0.05, 0) is 74.6 Å². The molecule has 1 N–H and O–H groups in total. The van der Waals surface area contributed by atoms with Crippen LogP contribution in [0.3, 0.4) is 0 Å². The summed E-state index contributed by atoms with van der Waals surface area (Å²) in [4.78, 5) is 41.7. The highest BCUT2D eigenvalue weighted by Crippen LogP contribution is 2.25. The molecule has 0 saturated carbocycles. The number of amides is 2. The van der Waals surface area contributed by atoms with E-state index in [2.05, 4.69) is 4.72 Å². The van der Waals surface area contributed by atoms with E-state index >= 15 is 0 Å². The van der Waals surface area contributed by atoms with E-state index in [-0.39, 0.29) is 30.4 Å². The fraction of sp³-hybridized carbons (Fsp3) is 0.480. The van der Waals surface area contributed by atoms with Crippen molar-refractivity contribution in [3.8, 4) is 0 Å². The first-order chi connectivity index (χ1) is 17.1. The number of nitrogens with one attached hydrogen (secondary N) is 1. The van der Waals surface area contributed by atoms with Gasteiger partial charge < -0.3 is 14.5 Å².